The fraction of sp³-hybridized carbons (Fsp3) is 0.750. The molecule has 0 aliphatic heterocycles. The van der Waals surface area contributed by atoms with Crippen LogP contribution in [0.3, 0.4) is 0 Å². The first-order chi connectivity index (χ1) is 7.38. The Balaban J connectivity index is -0.000000179. The maximum atomic E-state index is 8.77. The molecule has 0 heterocycles. The number of aliphatic hydroxyl groups excluding tert-OH is 2. The van der Waals surface area contributed by atoms with Crippen molar-refractivity contribution in [2.45, 2.75) is 25.7 Å². The van der Waals surface area contributed by atoms with Crippen LogP contribution < -0.4 is 0 Å². The van der Waals surface area contributed by atoms with Gasteiger partial charge in [-0.3, -0.25) is 0 Å². The smallest absolute Gasteiger partial charge is 0.401 e. The Morgan fingerprint density at radius 2 is 0.938 bits per heavy atom. The fourth-order valence-electron chi connectivity index (χ4n) is 0.577. The zero-order chi connectivity index (χ0) is 13.4. The SMILES string of the molecule is O=C(O)Cl.O=C(O)Cl.OCCCCCCO. The Hall–Kier alpha value is -0.560. The molecule has 0 amide bonds. The third-order valence-electron chi connectivity index (χ3n) is 1.07. The van der Waals surface area contributed by atoms with Crippen molar-refractivity contribution in [2.24, 2.45) is 0 Å². The van der Waals surface area contributed by atoms with Crippen LogP contribution in [0.4, 0.5) is 9.59 Å². The summed E-state index contributed by atoms with van der Waals surface area (Å²) in [6.45, 7) is 0.566. The van der Waals surface area contributed by atoms with Crippen LogP contribution in [0.15, 0.2) is 0 Å². The summed E-state index contributed by atoms with van der Waals surface area (Å²) in [6, 6.07) is 0. The van der Waals surface area contributed by atoms with Gasteiger partial charge in [-0.15, -0.1) is 0 Å². The molecule has 0 rings (SSSR count). The van der Waals surface area contributed by atoms with E-state index >= 15 is 0 Å². The lowest BCUT2D eigenvalue weighted by Gasteiger charge is -1.93. The lowest BCUT2D eigenvalue weighted by Crippen LogP contribution is -1.85. The lowest BCUT2D eigenvalue weighted by molar-refractivity contribution is 0.219. The quantitative estimate of drug-likeness (QED) is 0.453. The molecule has 0 aromatic heterocycles. The van der Waals surface area contributed by atoms with Gasteiger partial charge in [0.2, 0.25) is 0 Å². The third kappa shape index (κ3) is 106. The van der Waals surface area contributed by atoms with E-state index in [1.54, 1.807) is 0 Å². The van der Waals surface area contributed by atoms with Crippen LogP contribution >= 0.6 is 23.2 Å². The second-order valence-electron chi connectivity index (χ2n) is 2.37. The summed E-state index contributed by atoms with van der Waals surface area (Å²) in [5, 5.41) is 31.0. The van der Waals surface area contributed by atoms with E-state index in [2.05, 4.69) is 23.2 Å². The van der Waals surface area contributed by atoms with Gasteiger partial charge in [0.1, 0.15) is 0 Å². The first kappa shape index (κ1) is 20.8. The second kappa shape index (κ2) is 19.9. The zero-order valence-electron chi connectivity index (χ0n) is 8.60. The van der Waals surface area contributed by atoms with E-state index in [9.17, 15) is 0 Å². The van der Waals surface area contributed by atoms with Crippen molar-refractivity contribution >= 4 is 34.1 Å². The number of hydrogen-bond donors (Lipinski definition) is 4. The molecule has 0 aliphatic carbocycles. The van der Waals surface area contributed by atoms with Gasteiger partial charge in [0.25, 0.3) is 0 Å². The van der Waals surface area contributed by atoms with Crippen LogP contribution in [0.1, 0.15) is 25.7 Å². The van der Waals surface area contributed by atoms with Crippen LogP contribution in [-0.2, 0) is 0 Å². The molecule has 0 fully saturated rings. The van der Waals surface area contributed by atoms with Crippen LogP contribution in [0.2, 0.25) is 0 Å². The minimum Gasteiger partial charge on any atom is -0.469 e. The van der Waals surface area contributed by atoms with Gasteiger partial charge in [-0.25, -0.2) is 9.59 Å². The highest BCUT2D eigenvalue weighted by atomic mass is 35.5. The number of unbranched alkanes of at least 4 members (excludes halogenated alkanes) is 3. The number of carboxylic acid groups (broad SMARTS) is 2. The molecular formula is C8H16Cl2O6. The Labute approximate surface area is 103 Å². The fourth-order valence-corrected chi connectivity index (χ4v) is 0.577. The van der Waals surface area contributed by atoms with Gasteiger partial charge in [0.15, 0.2) is 0 Å². The minimum absolute atomic E-state index is 0.283. The molecule has 6 nitrogen and oxygen atoms in total. The second-order valence-corrected chi connectivity index (χ2v) is 3.01. The molecule has 8 heteroatoms. The molecule has 4 N–H and O–H groups in total. The van der Waals surface area contributed by atoms with Gasteiger partial charge in [0.05, 0.1) is 0 Å². The van der Waals surface area contributed by atoms with Gasteiger partial charge in [-0.05, 0) is 12.8 Å². The van der Waals surface area contributed by atoms with Gasteiger partial charge < -0.3 is 20.4 Å². The van der Waals surface area contributed by atoms with Crippen molar-refractivity contribution in [1.29, 1.82) is 0 Å². The molecule has 0 radical (unpaired) electrons. The highest BCUT2D eigenvalue weighted by molar-refractivity contribution is 6.60. The van der Waals surface area contributed by atoms with Crippen molar-refractivity contribution in [3.05, 3.63) is 0 Å². The highest BCUT2D eigenvalue weighted by Gasteiger charge is 1.84. The van der Waals surface area contributed by atoms with Gasteiger partial charge in [-0.2, -0.15) is 0 Å². The van der Waals surface area contributed by atoms with Crippen LogP contribution in [0, 0.1) is 0 Å². The molecule has 0 bridgehead atoms. The molecule has 98 valence electrons. The number of rotatable bonds is 5. The van der Waals surface area contributed by atoms with E-state index in [0.717, 1.165) is 25.7 Å². The van der Waals surface area contributed by atoms with Crippen molar-refractivity contribution in [3.63, 3.8) is 0 Å². The average Bonchev–Trinajstić information content (AvgIpc) is 2.11. The van der Waals surface area contributed by atoms with Crippen molar-refractivity contribution in [3.8, 4) is 0 Å². The van der Waals surface area contributed by atoms with Crippen LogP contribution in [-0.4, -0.2) is 44.5 Å². The maximum absolute atomic E-state index is 8.77. The van der Waals surface area contributed by atoms with E-state index in [1.165, 1.54) is 0 Å². The molecule has 0 aromatic carbocycles. The Bertz CT molecular complexity index is 139. The van der Waals surface area contributed by atoms with Gasteiger partial charge in [-0.1, -0.05) is 12.8 Å². The Morgan fingerprint density at radius 1 is 0.750 bits per heavy atom. The third-order valence-corrected chi connectivity index (χ3v) is 1.07. The summed E-state index contributed by atoms with van der Waals surface area (Å²) in [7, 11) is 0. The Kier molecular flexibility index (Phi) is 25.9. The molecule has 0 aliphatic rings. The van der Waals surface area contributed by atoms with E-state index < -0.39 is 10.9 Å². The summed E-state index contributed by atoms with van der Waals surface area (Å²) >= 11 is 8.38. The molecular weight excluding hydrogens is 263 g/mol. The molecule has 0 saturated heterocycles. The zero-order valence-corrected chi connectivity index (χ0v) is 10.1. The van der Waals surface area contributed by atoms with Crippen LogP contribution in [0.25, 0.3) is 0 Å². The van der Waals surface area contributed by atoms with Crippen molar-refractivity contribution in [2.75, 3.05) is 13.2 Å². The predicted molar refractivity (Wildman–Crippen MR) is 60.4 cm³/mol. The summed E-state index contributed by atoms with van der Waals surface area (Å²) < 4.78 is 0. The number of carbonyl (C=O) groups is 2. The number of aliphatic hydroxyl groups is 2. The number of hydrogen-bond acceptors (Lipinski definition) is 4. The highest BCUT2D eigenvalue weighted by Crippen LogP contribution is 1.96. The van der Waals surface area contributed by atoms with E-state index in [1.807, 2.05) is 0 Å². The standard InChI is InChI=1S/C6H14O2.2CHClO2/c7-5-3-1-2-4-6-8;2*2-1(3)4/h7-8H,1-6H2;2*(H,3,4). The van der Waals surface area contributed by atoms with E-state index in [4.69, 9.17) is 30.0 Å². The average molecular weight is 279 g/mol. The van der Waals surface area contributed by atoms with Gasteiger partial charge in [0, 0.05) is 36.4 Å². The minimum atomic E-state index is -1.36. The largest absolute Gasteiger partial charge is 0.469 e. The summed E-state index contributed by atoms with van der Waals surface area (Å²) in [6.07, 6.45) is 3.83. The van der Waals surface area contributed by atoms with Crippen LogP contribution in [0.5, 0.6) is 0 Å². The summed E-state index contributed by atoms with van der Waals surface area (Å²) in [5.74, 6) is 0. The maximum Gasteiger partial charge on any atom is 0.401 e. The monoisotopic (exact) mass is 278 g/mol. The topological polar surface area (TPSA) is 115 Å². The van der Waals surface area contributed by atoms with E-state index in [0.29, 0.717) is 0 Å². The molecule has 0 atom stereocenters. The van der Waals surface area contributed by atoms with Crippen molar-refractivity contribution < 1.29 is 30.0 Å². The Morgan fingerprint density at radius 3 is 1.06 bits per heavy atom. The lowest BCUT2D eigenvalue weighted by atomic mass is 10.2. The van der Waals surface area contributed by atoms with Crippen molar-refractivity contribution in [1.82, 2.24) is 0 Å². The van der Waals surface area contributed by atoms with Gasteiger partial charge >= 0.3 is 10.9 Å². The summed E-state index contributed by atoms with van der Waals surface area (Å²) in [5.41, 5.74) is -2.72. The first-order valence-electron chi connectivity index (χ1n) is 4.37. The molecule has 0 spiro atoms. The predicted octanol–water partition coefficient (Wildman–Crippen LogP) is 2.34. The molecule has 0 aromatic rings. The first-order valence-corrected chi connectivity index (χ1v) is 5.12. The summed E-state index contributed by atoms with van der Waals surface area (Å²) in [4.78, 5) is 17.5. The van der Waals surface area contributed by atoms with E-state index in [-0.39, 0.29) is 13.2 Å². The number of halogens is 2. The normalized spacial score (nSPS) is 8.00. The molecule has 16 heavy (non-hydrogen) atoms. The molecule has 0 unspecified atom stereocenters. The molecule has 0 saturated carbocycles.